The zero-order valence-corrected chi connectivity index (χ0v) is 20.1. The molecule has 1 N–H and O–H groups in total. The molecule has 0 aliphatic carbocycles. The number of allylic oxidation sites excluding steroid dienone is 1. The minimum Gasteiger partial charge on any atom is -0.325 e. The number of carbonyl (C=O) groups is 1. The SMILES string of the molecule is C=CCn1c(SCC(=O)Nc2c(CC)cccc2CC)nnc1-c1csc(CCC)c1. The summed E-state index contributed by atoms with van der Waals surface area (Å²) in [6.07, 6.45) is 5.79. The highest BCUT2D eigenvalue weighted by atomic mass is 32.2. The molecule has 3 aromatic rings. The van der Waals surface area contributed by atoms with Crippen LogP contribution in [0, 0.1) is 0 Å². The summed E-state index contributed by atoms with van der Waals surface area (Å²) in [4.78, 5) is 14.1. The van der Waals surface area contributed by atoms with Crippen molar-refractivity contribution >= 4 is 34.7 Å². The van der Waals surface area contributed by atoms with Crippen molar-refractivity contribution in [1.29, 1.82) is 0 Å². The maximum Gasteiger partial charge on any atom is 0.234 e. The molecule has 1 amide bonds. The number of hydrogen-bond acceptors (Lipinski definition) is 5. The molecule has 0 radical (unpaired) electrons. The summed E-state index contributed by atoms with van der Waals surface area (Å²) in [5.74, 6) is 1.07. The van der Waals surface area contributed by atoms with Gasteiger partial charge in [-0.05, 0) is 36.5 Å². The molecule has 1 aromatic carbocycles. The number of thiophene rings is 1. The highest BCUT2D eigenvalue weighted by Crippen LogP contribution is 2.29. The van der Waals surface area contributed by atoms with Crippen LogP contribution in [0.1, 0.15) is 43.2 Å². The fourth-order valence-corrected chi connectivity index (χ4v) is 5.20. The van der Waals surface area contributed by atoms with Gasteiger partial charge in [-0.25, -0.2) is 0 Å². The largest absolute Gasteiger partial charge is 0.325 e. The Bertz CT molecular complexity index is 1020. The van der Waals surface area contributed by atoms with Crippen molar-refractivity contribution in [3.05, 3.63) is 58.3 Å². The lowest BCUT2D eigenvalue weighted by atomic mass is 10.0. The topological polar surface area (TPSA) is 59.8 Å². The zero-order valence-electron chi connectivity index (χ0n) is 18.5. The first-order valence-electron chi connectivity index (χ1n) is 10.8. The number of rotatable bonds is 11. The van der Waals surface area contributed by atoms with Gasteiger partial charge in [0, 0.05) is 28.1 Å². The van der Waals surface area contributed by atoms with Gasteiger partial charge in [-0.15, -0.1) is 28.1 Å². The summed E-state index contributed by atoms with van der Waals surface area (Å²) in [7, 11) is 0. The van der Waals surface area contributed by atoms with Crippen molar-refractivity contribution in [2.75, 3.05) is 11.1 Å². The van der Waals surface area contributed by atoms with Crippen LogP contribution in [0.25, 0.3) is 11.4 Å². The van der Waals surface area contributed by atoms with E-state index in [1.54, 1.807) is 11.3 Å². The second-order valence-corrected chi connectivity index (χ2v) is 9.19. The number of hydrogen-bond donors (Lipinski definition) is 1. The van der Waals surface area contributed by atoms with Crippen molar-refractivity contribution in [2.24, 2.45) is 0 Å². The fraction of sp³-hybridized carbons (Fsp3) is 0.375. The van der Waals surface area contributed by atoms with E-state index < -0.39 is 0 Å². The predicted molar refractivity (Wildman–Crippen MR) is 132 cm³/mol. The quantitative estimate of drug-likeness (QED) is 0.285. The predicted octanol–water partition coefficient (Wildman–Crippen LogP) is 6.00. The van der Waals surface area contributed by atoms with Crippen molar-refractivity contribution in [1.82, 2.24) is 14.8 Å². The molecule has 0 unspecified atom stereocenters. The third-order valence-electron chi connectivity index (χ3n) is 5.03. The molecule has 0 bridgehead atoms. The van der Waals surface area contributed by atoms with Gasteiger partial charge >= 0.3 is 0 Å². The Morgan fingerprint density at radius 3 is 2.61 bits per heavy atom. The van der Waals surface area contributed by atoms with Crippen LogP contribution in [0.5, 0.6) is 0 Å². The van der Waals surface area contributed by atoms with Crippen LogP contribution < -0.4 is 5.32 Å². The van der Waals surface area contributed by atoms with Crippen LogP contribution in [-0.2, 0) is 30.6 Å². The minimum absolute atomic E-state index is 0.0314. The Kier molecular flexibility index (Phi) is 8.49. The molecule has 0 aliphatic heterocycles. The number of amides is 1. The second-order valence-electron chi connectivity index (χ2n) is 7.25. The highest BCUT2D eigenvalue weighted by Gasteiger charge is 2.17. The number of thioether (sulfide) groups is 1. The maximum absolute atomic E-state index is 12.7. The average Bonchev–Trinajstić information content (AvgIpc) is 3.40. The van der Waals surface area contributed by atoms with Crippen LogP contribution in [0.15, 0.2) is 47.5 Å². The zero-order chi connectivity index (χ0) is 22.2. The monoisotopic (exact) mass is 454 g/mol. The Labute approximate surface area is 193 Å². The van der Waals surface area contributed by atoms with Gasteiger partial charge in [-0.1, -0.05) is 63.2 Å². The maximum atomic E-state index is 12.7. The van der Waals surface area contributed by atoms with Crippen LogP contribution in [0.2, 0.25) is 0 Å². The van der Waals surface area contributed by atoms with E-state index in [1.165, 1.54) is 16.6 Å². The molecule has 31 heavy (non-hydrogen) atoms. The lowest BCUT2D eigenvalue weighted by Gasteiger charge is -2.14. The molecule has 164 valence electrons. The normalized spacial score (nSPS) is 10.9. The van der Waals surface area contributed by atoms with E-state index in [9.17, 15) is 4.79 Å². The molecule has 0 atom stereocenters. The molecule has 3 rings (SSSR count). The third kappa shape index (κ3) is 5.66. The van der Waals surface area contributed by atoms with Gasteiger partial charge in [0.2, 0.25) is 5.91 Å². The first-order chi connectivity index (χ1) is 15.1. The third-order valence-corrected chi connectivity index (χ3v) is 7.00. The van der Waals surface area contributed by atoms with Crippen LogP contribution in [0.4, 0.5) is 5.69 Å². The minimum atomic E-state index is -0.0314. The summed E-state index contributed by atoms with van der Waals surface area (Å²) in [6, 6.07) is 8.38. The van der Waals surface area contributed by atoms with Gasteiger partial charge in [-0.3, -0.25) is 9.36 Å². The first kappa shape index (κ1) is 23.3. The van der Waals surface area contributed by atoms with Crippen molar-refractivity contribution in [2.45, 2.75) is 58.2 Å². The fourth-order valence-electron chi connectivity index (χ4n) is 3.49. The molecule has 7 heteroatoms. The standard InChI is InChI=1S/C24H30N4OS2/c1-5-10-20-14-19(15-30-20)23-26-27-24(28(23)13-6-2)31-16-21(29)25-22-17(7-3)11-9-12-18(22)8-4/h6,9,11-12,14-15H,2,5,7-8,10,13,16H2,1,3-4H3,(H,25,29). The summed E-state index contributed by atoms with van der Waals surface area (Å²) in [5.41, 5.74) is 4.35. The van der Waals surface area contributed by atoms with Gasteiger partial charge in [0.15, 0.2) is 11.0 Å². The van der Waals surface area contributed by atoms with Gasteiger partial charge in [-0.2, -0.15) is 0 Å². The molecule has 0 fully saturated rings. The number of nitrogens with zero attached hydrogens (tertiary/aromatic N) is 3. The summed E-state index contributed by atoms with van der Waals surface area (Å²) < 4.78 is 2.03. The molecular weight excluding hydrogens is 424 g/mol. The van der Waals surface area contributed by atoms with Gasteiger partial charge in [0.1, 0.15) is 0 Å². The van der Waals surface area contributed by atoms with E-state index in [2.05, 4.69) is 72.5 Å². The molecule has 0 aliphatic rings. The van der Waals surface area contributed by atoms with Gasteiger partial charge < -0.3 is 5.32 Å². The van der Waals surface area contributed by atoms with E-state index in [0.717, 1.165) is 59.0 Å². The molecular formula is C24H30N4OS2. The summed E-state index contributed by atoms with van der Waals surface area (Å²) >= 11 is 3.16. The number of anilines is 1. The molecule has 5 nitrogen and oxygen atoms in total. The van der Waals surface area contributed by atoms with Crippen LogP contribution in [-0.4, -0.2) is 26.4 Å². The van der Waals surface area contributed by atoms with E-state index in [4.69, 9.17) is 0 Å². The van der Waals surface area contributed by atoms with Crippen molar-refractivity contribution in [3.8, 4) is 11.4 Å². The van der Waals surface area contributed by atoms with E-state index >= 15 is 0 Å². The number of carbonyl (C=O) groups excluding carboxylic acids is 1. The number of para-hydroxylation sites is 1. The first-order valence-corrected chi connectivity index (χ1v) is 12.6. The second kappa shape index (κ2) is 11.3. The van der Waals surface area contributed by atoms with Crippen LogP contribution in [0.3, 0.4) is 0 Å². The number of nitrogens with one attached hydrogen (secondary N) is 1. The van der Waals surface area contributed by atoms with Gasteiger partial charge in [0.25, 0.3) is 0 Å². The van der Waals surface area contributed by atoms with E-state index in [1.807, 2.05) is 10.6 Å². The Morgan fingerprint density at radius 2 is 1.97 bits per heavy atom. The smallest absolute Gasteiger partial charge is 0.234 e. The van der Waals surface area contributed by atoms with Crippen LogP contribution >= 0.6 is 23.1 Å². The lowest BCUT2D eigenvalue weighted by molar-refractivity contribution is -0.113. The average molecular weight is 455 g/mol. The molecule has 0 spiro atoms. The Hall–Kier alpha value is -2.38. The number of aromatic nitrogens is 3. The Balaban J connectivity index is 1.74. The lowest BCUT2D eigenvalue weighted by Crippen LogP contribution is -2.17. The molecule has 2 heterocycles. The molecule has 0 saturated heterocycles. The molecule has 0 saturated carbocycles. The summed E-state index contributed by atoms with van der Waals surface area (Å²) in [6.45, 7) is 10.9. The van der Waals surface area contributed by atoms with Crippen molar-refractivity contribution in [3.63, 3.8) is 0 Å². The van der Waals surface area contributed by atoms with Gasteiger partial charge in [0.05, 0.1) is 5.75 Å². The van der Waals surface area contributed by atoms with E-state index in [-0.39, 0.29) is 11.7 Å². The Morgan fingerprint density at radius 1 is 1.23 bits per heavy atom. The number of benzene rings is 1. The molecule has 2 aromatic heterocycles. The van der Waals surface area contributed by atoms with Crippen molar-refractivity contribution < 1.29 is 4.79 Å². The van der Waals surface area contributed by atoms with E-state index in [0.29, 0.717) is 6.54 Å². The highest BCUT2D eigenvalue weighted by molar-refractivity contribution is 7.99. The number of aryl methyl sites for hydroxylation is 3. The summed E-state index contributed by atoms with van der Waals surface area (Å²) in [5, 5.41) is 14.8.